The topological polar surface area (TPSA) is 12.5 Å². The molecule has 0 aliphatic carbocycles. The van der Waals surface area contributed by atoms with Gasteiger partial charge >= 0.3 is 6.18 Å². The van der Waals surface area contributed by atoms with E-state index in [2.05, 4.69) is 0 Å². The molecule has 0 saturated carbocycles. The van der Waals surface area contributed by atoms with Crippen molar-refractivity contribution in [2.45, 2.75) is 25.7 Å². The van der Waals surface area contributed by atoms with Crippen molar-refractivity contribution in [2.24, 2.45) is 0 Å². The van der Waals surface area contributed by atoms with Gasteiger partial charge in [0.1, 0.15) is 11.6 Å². The summed E-state index contributed by atoms with van der Waals surface area (Å²) in [6, 6.07) is 21.5. The number of hydrogen-bond donors (Lipinski definition) is 0. The highest BCUT2D eigenvalue weighted by Gasteiger charge is 2.30. The van der Waals surface area contributed by atoms with Crippen LogP contribution in [0.5, 0.6) is 5.75 Å². The summed E-state index contributed by atoms with van der Waals surface area (Å²) in [6.07, 6.45) is -5.84. The Hall–Kier alpha value is -3.02. The first kappa shape index (κ1) is 20.7. The normalized spacial score (nSPS) is 11.3. The van der Waals surface area contributed by atoms with Crippen LogP contribution in [0, 0.1) is 5.82 Å². The van der Waals surface area contributed by atoms with E-state index in [0.717, 1.165) is 23.3 Å². The molecular weight excluding hydrogens is 382 g/mol. The molecule has 0 aliphatic heterocycles. The molecule has 3 rings (SSSR count). The van der Waals surface area contributed by atoms with Gasteiger partial charge in [0.15, 0.2) is 0 Å². The number of alkyl halides is 3. The third-order valence-electron chi connectivity index (χ3n) is 4.51. The van der Waals surface area contributed by atoms with Gasteiger partial charge in [0, 0.05) is 24.7 Å². The predicted octanol–water partition coefficient (Wildman–Crippen LogP) is 6.15. The smallest absolute Gasteiger partial charge is 0.393 e. The molecule has 0 amide bonds. The minimum Gasteiger partial charge on any atom is -0.495 e. The lowest BCUT2D eigenvalue weighted by atomic mass is 10.1. The molecule has 0 fully saturated rings. The van der Waals surface area contributed by atoms with Crippen molar-refractivity contribution in [2.75, 3.05) is 12.0 Å². The van der Waals surface area contributed by atoms with E-state index in [-0.39, 0.29) is 5.75 Å². The standard InChI is InChI=1S/C23H21F4NO/c1-29-22-12-19(14-23(25,26)27)20(24)13-21(22)28(15-17-8-4-2-5-9-17)16-18-10-6-3-7-11-18/h2-13H,14-16H2,1H3. The maximum absolute atomic E-state index is 14.6. The molecule has 152 valence electrons. The van der Waals surface area contributed by atoms with Crippen molar-refractivity contribution < 1.29 is 22.3 Å². The molecular formula is C23H21F4NO. The lowest BCUT2D eigenvalue weighted by molar-refractivity contribution is -0.127. The summed E-state index contributed by atoms with van der Waals surface area (Å²) in [5, 5.41) is 0. The van der Waals surface area contributed by atoms with Crippen molar-refractivity contribution in [3.8, 4) is 5.75 Å². The summed E-state index contributed by atoms with van der Waals surface area (Å²) in [6.45, 7) is 0.897. The maximum Gasteiger partial charge on any atom is 0.393 e. The molecule has 0 unspecified atom stereocenters. The highest BCUT2D eigenvalue weighted by Crippen LogP contribution is 2.35. The predicted molar refractivity (Wildman–Crippen MR) is 105 cm³/mol. The molecule has 2 nitrogen and oxygen atoms in total. The van der Waals surface area contributed by atoms with E-state index in [1.165, 1.54) is 7.11 Å². The second kappa shape index (κ2) is 8.99. The van der Waals surface area contributed by atoms with E-state index in [1.807, 2.05) is 65.6 Å². The Balaban J connectivity index is 2.00. The molecule has 0 heterocycles. The number of benzene rings is 3. The largest absolute Gasteiger partial charge is 0.495 e. The average molecular weight is 403 g/mol. The van der Waals surface area contributed by atoms with Gasteiger partial charge in [-0.15, -0.1) is 0 Å². The van der Waals surface area contributed by atoms with Gasteiger partial charge in [-0.05, 0) is 17.2 Å². The third-order valence-corrected chi connectivity index (χ3v) is 4.51. The molecule has 0 aliphatic rings. The summed E-state index contributed by atoms with van der Waals surface area (Å²) in [5.74, 6) is -0.693. The molecule has 0 spiro atoms. The number of methoxy groups -OCH3 is 1. The SMILES string of the molecule is COc1cc(CC(F)(F)F)c(F)cc1N(Cc1ccccc1)Cc1ccccc1. The van der Waals surface area contributed by atoms with Gasteiger partial charge in [-0.25, -0.2) is 4.39 Å². The second-order valence-electron chi connectivity index (χ2n) is 6.73. The van der Waals surface area contributed by atoms with Crippen LogP contribution in [-0.2, 0) is 19.5 Å². The summed E-state index contributed by atoms with van der Waals surface area (Å²) >= 11 is 0. The van der Waals surface area contributed by atoms with Crippen molar-refractivity contribution in [3.05, 3.63) is 95.3 Å². The van der Waals surface area contributed by atoms with Crippen LogP contribution < -0.4 is 9.64 Å². The molecule has 0 N–H and O–H groups in total. The summed E-state index contributed by atoms with van der Waals surface area (Å²) in [7, 11) is 1.37. The first-order chi connectivity index (χ1) is 13.9. The number of anilines is 1. The van der Waals surface area contributed by atoms with E-state index < -0.39 is 24.0 Å². The van der Waals surface area contributed by atoms with Gasteiger partial charge in [-0.1, -0.05) is 60.7 Å². The van der Waals surface area contributed by atoms with Crippen LogP contribution in [-0.4, -0.2) is 13.3 Å². The molecule has 3 aromatic rings. The van der Waals surface area contributed by atoms with Crippen LogP contribution in [0.15, 0.2) is 72.8 Å². The van der Waals surface area contributed by atoms with Crippen LogP contribution in [0.25, 0.3) is 0 Å². The van der Waals surface area contributed by atoms with E-state index in [4.69, 9.17) is 4.74 Å². The monoisotopic (exact) mass is 403 g/mol. The van der Waals surface area contributed by atoms with E-state index in [0.29, 0.717) is 18.8 Å². The molecule has 0 atom stereocenters. The number of nitrogens with zero attached hydrogens (tertiary/aromatic N) is 1. The lowest BCUT2D eigenvalue weighted by Gasteiger charge is -2.27. The first-order valence-corrected chi connectivity index (χ1v) is 9.11. The number of halogens is 4. The van der Waals surface area contributed by atoms with Gasteiger partial charge in [-0.3, -0.25) is 0 Å². The Kier molecular flexibility index (Phi) is 6.42. The van der Waals surface area contributed by atoms with Crippen molar-refractivity contribution in [1.82, 2.24) is 0 Å². The van der Waals surface area contributed by atoms with Gasteiger partial charge < -0.3 is 9.64 Å². The Bertz CT molecular complexity index is 885. The second-order valence-corrected chi connectivity index (χ2v) is 6.73. The molecule has 29 heavy (non-hydrogen) atoms. The molecule has 0 saturated heterocycles. The Morgan fingerprint density at radius 3 is 1.79 bits per heavy atom. The third kappa shape index (κ3) is 5.73. The van der Waals surface area contributed by atoms with Crippen molar-refractivity contribution in [3.63, 3.8) is 0 Å². The zero-order chi connectivity index (χ0) is 20.9. The molecule has 3 aromatic carbocycles. The van der Waals surface area contributed by atoms with Crippen LogP contribution in [0.2, 0.25) is 0 Å². The van der Waals surface area contributed by atoms with Crippen LogP contribution in [0.4, 0.5) is 23.2 Å². The Morgan fingerprint density at radius 2 is 1.34 bits per heavy atom. The lowest BCUT2D eigenvalue weighted by Crippen LogP contribution is -2.23. The van der Waals surface area contributed by atoms with Crippen LogP contribution in [0.3, 0.4) is 0 Å². The van der Waals surface area contributed by atoms with Gasteiger partial charge in [-0.2, -0.15) is 13.2 Å². The Morgan fingerprint density at radius 1 is 0.828 bits per heavy atom. The zero-order valence-corrected chi connectivity index (χ0v) is 15.9. The number of hydrogen-bond acceptors (Lipinski definition) is 2. The highest BCUT2D eigenvalue weighted by molar-refractivity contribution is 5.61. The van der Waals surface area contributed by atoms with Gasteiger partial charge in [0.2, 0.25) is 0 Å². The van der Waals surface area contributed by atoms with E-state index in [1.54, 1.807) is 0 Å². The fourth-order valence-corrected chi connectivity index (χ4v) is 3.18. The summed E-state index contributed by atoms with van der Waals surface area (Å²) in [5.41, 5.74) is 1.96. The minimum atomic E-state index is -4.50. The molecule has 0 radical (unpaired) electrons. The van der Waals surface area contributed by atoms with Crippen molar-refractivity contribution >= 4 is 5.69 Å². The fraction of sp³-hybridized carbons (Fsp3) is 0.217. The van der Waals surface area contributed by atoms with Crippen LogP contribution >= 0.6 is 0 Å². The van der Waals surface area contributed by atoms with Gasteiger partial charge in [0.25, 0.3) is 0 Å². The molecule has 0 bridgehead atoms. The quantitative estimate of drug-likeness (QED) is 0.439. The first-order valence-electron chi connectivity index (χ1n) is 9.11. The highest BCUT2D eigenvalue weighted by atomic mass is 19.4. The van der Waals surface area contributed by atoms with Gasteiger partial charge in [0.05, 0.1) is 19.2 Å². The summed E-state index contributed by atoms with van der Waals surface area (Å²) in [4.78, 5) is 1.89. The minimum absolute atomic E-state index is 0.206. The fourth-order valence-electron chi connectivity index (χ4n) is 3.18. The van der Waals surface area contributed by atoms with Crippen LogP contribution in [0.1, 0.15) is 16.7 Å². The summed E-state index contributed by atoms with van der Waals surface area (Å²) < 4.78 is 58.2. The molecule has 0 aromatic heterocycles. The number of ether oxygens (including phenoxy) is 1. The number of rotatable bonds is 7. The van der Waals surface area contributed by atoms with E-state index in [9.17, 15) is 17.6 Å². The average Bonchev–Trinajstić information content (AvgIpc) is 2.69. The Labute approximate surface area is 167 Å². The molecule has 6 heteroatoms. The maximum atomic E-state index is 14.6. The van der Waals surface area contributed by atoms with E-state index >= 15 is 0 Å². The zero-order valence-electron chi connectivity index (χ0n) is 15.9. The van der Waals surface area contributed by atoms with Crippen molar-refractivity contribution in [1.29, 1.82) is 0 Å².